The van der Waals surface area contributed by atoms with E-state index in [1.54, 1.807) is 6.07 Å². The molecule has 1 aromatic heterocycles. The normalized spacial score (nSPS) is 9.80. The number of hydrogen-bond donors (Lipinski definition) is 2. The molecule has 1 rings (SSSR count). The molecule has 0 radical (unpaired) electrons. The van der Waals surface area contributed by atoms with Crippen molar-refractivity contribution in [3.05, 3.63) is 27.7 Å². The van der Waals surface area contributed by atoms with E-state index in [-0.39, 0.29) is 5.56 Å². The van der Waals surface area contributed by atoms with Gasteiger partial charge in [-0.3, -0.25) is 4.79 Å². The summed E-state index contributed by atoms with van der Waals surface area (Å²) in [5.74, 6) is 0.457. The molecule has 0 amide bonds. The highest BCUT2D eigenvalue weighted by molar-refractivity contribution is 7.79. The second-order valence-corrected chi connectivity index (χ2v) is 2.34. The molecule has 0 aliphatic rings. The number of aryl methyl sites for hydroxylation is 1. The average molecular weight is 156 g/mol. The van der Waals surface area contributed by atoms with E-state index >= 15 is 0 Å². The van der Waals surface area contributed by atoms with E-state index in [0.29, 0.717) is 11.3 Å². The van der Waals surface area contributed by atoms with Gasteiger partial charge in [-0.15, -0.1) is 0 Å². The van der Waals surface area contributed by atoms with Crippen molar-refractivity contribution in [1.29, 1.82) is 0 Å². The molecule has 0 aromatic carbocycles. The third-order valence-corrected chi connectivity index (χ3v) is 1.52. The van der Waals surface area contributed by atoms with Crippen LogP contribution in [0.25, 0.3) is 0 Å². The first-order valence-corrected chi connectivity index (χ1v) is 3.53. The maximum absolute atomic E-state index is 10.8. The summed E-state index contributed by atoms with van der Waals surface area (Å²) >= 11 is 3.98. The molecule has 4 heteroatoms. The fraction of sp³-hybridized carbons (Fsp3) is 0.333. The summed E-state index contributed by atoms with van der Waals surface area (Å²) in [6, 6.07) is 1.73. The number of rotatable bonds is 1. The van der Waals surface area contributed by atoms with Crippen LogP contribution in [0.1, 0.15) is 11.3 Å². The second-order valence-electron chi connectivity index (χ2n) is 2.02. The summed E-state index contributed by atoms with van der Waals surface area (Å²) in [5.41, 5.74) is 1.32. The molecule has 0 bridgehead atoms. The molecule has 1 aromatic rings. The molecule has 3 nitrogen and oxygen atoms in total. The molecule has 0 unspecified atom stereocenters. The van der Waals surface area contributed by atoms with Gasteiger partial charge in [-0.25, -0.2) is 5.10 Å². The van der Waals surface area contributed by atoms with Crippen molar-refractivity contribution in [1.82, 2.24) is 10.2 Å². The Morgan fingerprint density at radius 1 is 1.80 bits per heavy atom. The fourth-order valence-electron chi connectivity index (χ4n) is 0.678. The lowest BCUT2D eigenvalue weighted by Gasteiger charge is -1.93. The van der Waals surface area contributed by atoms with E-state index in [0.717, 1.165) is 5.69 Å². The van der Waals surface area contributed by atoms with E-state index in [1.165, 1.54) is 0 Å². The van der Waals surface area contributed by atoms with Crippen LogP contribution in [-0.2, 0) is 5.75 Å². The number of nitrogens with one attached hydrogen (secondary N) is 1. The van der Waals surface area contributed by atoms with Gasteiger partial charge in [-0.1, -0.05) is 0 Å². The molecule has 0 aliphatic carbocycles. The van der Waals surface area contributed by atoms with Crippen molar-refractivity contribution in [2.45, 2.75) is 12.7 Å². The van der Waals surface area contributed by atoms with Crippen molar-refractivity contribution in [2.24, 2.45) is 0 Å². The first-order valence-electron chi connectivity index (χ1n) is 2.90. The predicted octanol–water partition coefficient (Wildman–Crippen LogP) is 0.508. The summed E-state index contributed by atoms with van der Waals surface area (Å²) in [5, 5.41) is 6.08. The third kappa shape index (κ3) is 1.39. The van der Waals surface area contributed by atoms with Gasteiger partial charge in [0, 0.05) is 11.3 Å². The average Bonchev–Trinajstić information content (AvgIpc) is 1.94. The molecule has 0 fully saturated rings. The van der Waals surface area contributed by atoms with E-state index in [4.69, 9.17) is 0 Å². The Hall–Kier alpha value is -0.770. The van der Waals surface area contributed by atoms with Gasteiger partial charge in [-0.2, -0.15) is 17.7 Å². The van der Waals surface area contributed by atoms with Gasteiger partial charge in [0.1, 0.15) is 0 Å². The lowest BCUT2D eigenvalue weighted by atomic mass is 10.3. The summed E-state index contributed by atoms with van der Waals surface area (Å²) < 4.78 is 0. The summed E-state index contributed by atoms with van der Waals surface area (Å²) in [6.45, 7) is 1.82. The lowest BCUT2D eigenvalue weighted by Crippen LogP contribution is -2.13. The highest BCUT2D eigenvalue weighted by Gasteiger charge is 1.95. The van der Waals surface area contributed by atoms with E-state index in [1.807, 2.05) is 6.92 Å². The Morgan fingerprint density at radius 3 is 3.00 bits per heavy atom. The van der Waals surface area contributed by atoms with E-state index < -0.39 is 0 Å². The predicted molar refractivity (Wildman–Crippen MR) is 42.3 cm³/mol. The number of hydrogen-bond acceptors (Lipinski definition) is 3. The van der Waals surface area contributed by atoms with Crippen LogP contribution in [0.15, 0.2) is 10.9 Å². The van der Waals surface area contributed by atoms with Crippen molar-refractivity contribution < 1.29 is 0 Å². The number of aromatic amines is 1. The minimum atomic E-state index is -0.152. The highest BCUT2D eigenvalue weighted by atomic mass is 32.1. The maximum Gasteiger partial charge on any atom is 0.268 e. The van der Waals surface area contributed by atoms with Gasteiger partial charge in [0.15, 0.2) is 0 Å². The second kappa shape index (κ2) is 2.88. The van der Waals surface area contributed by atoms with E-state index in [2.05, 4.69) is 22.8 Å². The molecule has 10 heavy (non-hydrogen) atoms. The van der Waals surface area contributed by atoms with Gasteiger partial charge in [0.2, 0.25) is 0 Å². The first kappa shape index (κ1) is 7.34. The van der Waals surface area contributed by atoms with Crippen LogP contribution in [0, 0.1) is 6.92 Å². The third-order valence-electron chi connectivity index (χ3n) is 1.18. The zero-order valence-electron chi connectivity index (χ0n) is 5.59. The Morgan fingerprint density at radius 2 is 2.50 bits per heavy atom. The van der Waals surface area contributed by atoms with E-state index in [9.17, 15) is 4.79 Å². The zero-order valence-corrected chi connectivity index (χ0v) is 6.48. The SMILES string of the molecule is Cc1cc(CS)c(=O)[nH]n1. The van der Waals surface area contributed by atoms with Gasteiger partial charge < -0.3 is 0 Å². The van der Waals surface area contributed by atoms with Crippen LogP contribution < -0.4 is 5.56 Å². The standard InChI is InChI=1S/C6H8N2OS/c1-4-2-5(3-10)6(9)8-7-4/h2,10H,3H2,1H3,(H,8,9). The Kier molecular flexibility index (Phi) is 2.11. The van der Waals surface area contributed by atoms with Gasteiger partial charge in [0.05, 0.1) is 5.69 Å². The minimum absolute atomic E-state index is 0.152. The molecule has 0 saturated carbocycles. The van der Waals surface area contributed by atoms with Crippen molar-refractivity contribution in [2.75, 3.05) is 0 Å². The quantitative estimate of drug-likeness (QED) is 0.582. The summed E-state index contributed by atoms with van der Waals surface area (Å²) in [6.07, 6.45) is 0. The molecule has 1 N–H and O–H groups in total. The summed E-state index contributed by atoms with van der Waals surface area (Å²) in [4.78, 5) is 10.8. The molecule has 0 spiro atoms. The van der Waals surface area contributed by atoms with Crippen molar-refractivity contribution in [3.63, 3.8) is 0 Å². The first-order chi connectivity index (χ1) is 4.74. The van der Waals surface area contributed by atoms with Crippen LogP contribution in [0.4, 0.5) is 0 Å². The van der Waals surface area contributed by atoms with Crippen LogP contribution in [0.5, 0.6) is 0 Å². The van der Waals surface area contributed by atoms with Gasteiger partial charge >= 0.3 is 0 Å². The number of aromatic nitrogens is 2. The molecule has 0 aliphatic heterocycles. The smallest absolute Gasteiger partial charge is 0.268 e. The largest absolute Gasteiger partial charge is 0.268 e. The molecule has 1 heterocycles. The molecular weight excluding hydrogens is 148 g/mol. The van der Waals surface area contributed by atoms with Crippen LogP contribution >= 0.6 is 12.6 Å². The minimum Gasteiger partial charge on any atom is -0.268 e. The Balaban J connectivity index is 3.22. The van der Waals surface area contributed by atoms with Crippen molar-refractivity contribution >= 4 is 12.6 Å². The molecule has 54 valence electrons. The molecule has 0 saturated heterocycles. The molecular formula is C6H8N2OS. The number of nitrogens with zero attached hydrogens (tertiary/aromatic N) is 1. The highest BCUT2D eigenvalue weighted by Crippen LogP contribution is 1.95. The maximum atomic E-state index is 10.8. The number of H-pyrrole nitrogens is 1. The lowest BCUT2D eigenvalue weighted by molar-refractivity contribution is 0.926. The monoisotopic (exact) mass is 156 g/mol. The van der Waals surface area contributed by atoms with Gasteiger partial charge in [-0.05, 0) is 13.0 Å². The van der Waals surface area contributed by atoms with Gasteiger partial charge in [0.25, 0.3) is 5.56 Å². The summed E-state index contributed by atoms with van der Waals surface area (Å²) in [7, 11) is 0. The van der Waals surface area contributed by atoms with Crippen LogP contribution in [0.2, 0.25) is 0 Å². The topological polar surface area (TPSA) is 45.8 Å². The molecule has 0 atom stereocenters. The Bertz CT molecular complexity index is 281. The fourth-order valence-corrected chi connectivity index (χ4v) is 0.913. The zero-order chi connectivity index (χ0) is 7.56. The number of thiol groups is 1. The van der Waals surface area contributed by atoms with Crippen LogP contribution in [-0.4, -0.2) is 10.2 Å². The van der Waals surface area contributed by atoms with Crippen molar-refractivity contribution in [3.8, 4) is 0 Å². The Labute approximate surface area is 63.9 Å². The van der Waals surface area contributed by atoms with Crippen LogP contribution in [0.3, 0.4) is 0 Å².